The summed E-state index contributed by atoms with van der Waals surface area (Å²) in [5, 5.41) is 8.89. The maximum Gasteiger partial charge on any atom is 0.142 e. The summed E-state index contributed by atoms with van der Waals surface area (Å²) < 4.78 is 0. The summed E-state index contributed by atoms with van der Waals surface area (Å²) in [6.45, 7) is 4.62. The highest BCUT2D eigenvalue weighted by molar-refractivity contribution is 5.42. The lowest BCUT2D eigenvalue weighted by molar-refractivity contribution is 0.260. The number of pyridine rings is 1. The summed E-state index contributed by atoms with van der Waals surface area (Å²) in [5.74, 6) is 0.954. The van der Waals surface area contributed by atoms with Crippen LogP contribution in [-0.2, 0) is 0 Å². The van der Waals surface area contributed by atoms with Crippen LogP contribution in [0.5, 0.6) is 0 Å². The van der Waals surface area contributed by atoms with E-state index < -0.39 is 0 Å². The summed E-state index contributed by atoms with van der Waals surface area (Å²) in [5.41, 5.74) is 0.511. The van der Waals surface area contributed by atoms with E-state index in [1.165, 1.54) is 32.4 Å². The third kappa shape index (κ3) is 2.19. The van der Waals surface area contributed by atoms with Crippen molar-refractivity contribution < 1.29 is 0 Å². The highest BCUT2D eigenvalue weighted by atomic mass is 15.3. The number of likely N-dealkylation sites (tertiary alicyclic amines) is 1. The van der Waals surface area contributed by atoms with E-state index in [0.717, 1.165) is 18.9 Å². The molecule has 0 aromatic carbocycles. The van der Waals surface area contributed by atoms with Crippen molar-refractivity contribution in [3.63, 3.8) is 0 Å². The van der Waals surface area contributed by atoms with Crippen LogP contribution in [0.25, 0.3) is 0 Å². The Morgan fingerprint density at radius 1 is 1.22 bits per heavy atom. The maximum atomic E-state index is 8.89. The summed E-state index contributed by atoms with van der Waals surface area (Å²) in [4.78, 5) is 9.30. The predicted molar refractivity (Wildman–Crippen MR) is 70.4 cm³/mol. The van der Waals surface area contributed by atoms with Gasteiger partial charge in [-0.3, -0.25) is 4.90 Å². The summed E-state index contributed by atoms with van der Waals surface area (Å²) in [6, 6.07) is 8.48. The Morgan fingerprint density at radius 2 is 2.06 bits per heavy atom. The number of aromatic nitrogens is 1. The molecule has 1 unspecified atom stereocenters. The largest absolute Gasteiger partial charge is 0.355 e. The molecule has 0 spiro atoms. The van der Waals surface area contributed by atoms with Crippen molar-refractivity contribution in [2.45, 2.75) is 25.3 Å². The lowest BCUT2D eigenvalue weighted by Crippen LogP contribution is -2.35. The lowest BCUT2D eigenvalue weighted by atomic mass is 10.2. The van der Waals surface area contributed by atoms with Gasteiger partial charge in [0.2, 0.25) is 0 Å². The van der Waals surface area contributed by atoms with Gasteiger partial charge in [-0.05, 0) is 44.5 Å². The molecule has 18 heavy (non-hydrogen) atoms. The van der Waals surface area contributed by atoms with Gasteiger partial charge in [0.05, 0.1) is 0 Å². The quantitative estimate of drug-likeness (QED) is 0.790. The Morgan fingerprint density at radius 3 is 2.83 bits per heavy atom. The summed E-state index contributed by atoms with van der Waals surface area (Å²) in [7, 11) is 0. The van der Waals surface area contributed by atoms with Gasteiger partial charge < -0.3 is 4.90 Å². The Bertz CT molecular complexity index is 459. The van der Waals surface area contributed by atoms with Gasteiger partial charge in [-0.25, -0.2) is 4.98 Å². The highest BCUT2D eigenvalue weighted by Crippen LogP contribution is 2.24. The van der Waals surface area contributed by atoms with Gasteiger partial charge in [0.25, 0.3) is 0 Å². The van der Waals surface area contributed by atoms with Crippen molar-refractivity contribution in [3.05, 3.63) is 23.9 Å². The molecule has 0 radical (unpaired) electrons. The van der Waals surface area contributed by atoms with E-state index in [1.54, 1.807) is 6.07 Å². The first-order chi connectivity index (χ1) is 8.86. The van der Waals surface area contributed by atoms with E-state index in [1.807, 2.05) is 12.1 Å². The molecule has 2 aliphatic rings. The van der Waals surface area contributed by atoms with Crippen LogP contribution in [-0.4, -0.2) is 42.1 Å². The zero-order chi connectivity index (χ0) is 12.4. The summed E-state index contributed by atoms with van der Waals surface area (Å²) in [6.07, 6.45) is 3.91. The van der Waals surface area contributed by atoms with Gasteiger partial charge in [-0.15, -0.1) is 0 Å². The average Bonchev–Trinajstić information content (AvgIpc) is 3.09. The van der Waals surface area contributed by atoms with Crippen molar-refractivity contribution in [1.82, 2.24) is 9.88 Å². The van der Waals surface area contributed by atoms with Crippen LogP contribution < -0.4 is 4.90 Å². The first-order valence-electron chi connectivity index (χ1n) is 6.73. The van der Waals surface area contributed by atoms with Gasteiger partial charge in [0.1, 0.15) is 17.6 Å². The number of rotatable bonds is 2. The van der Waals surface area contributed by atoms with Crippen LogP contribution in [0.2, 0.25) is 0 Å². The monoisotopic (exact) mass is 242 g/mol. The molecular weight excluding hydrogens is 224 g/mol. The van der Waals surface area contributed by atoms with Crippen molar-refractivity contribution in [1.29, 1.82) is 5.26 Å². The number of anilines is 1. The second-order valence-electron chi connectivity index (χ2n) is 5.12. The fourth-order valence-electron chi connectivity index (χ4n) is 3.02. The fourth-order valence-corrected chi connectivity index (χ4v) is 3.02. The van der Waals surface area contributed by atoms with Crippen LogP contribution in [0.1, 0.15) is 25.0 Å². The first kappa shape index (κ1) is 11.5. The normalized spacial score (nSPS) is 24.4. The second-order valence-corrected chi connectivity index (χ2v) is 5.12. The van der Waals surface area contributed by atoms with Crippen LogP contribution in [0.3, 0.4) is 0 Å². The molecule has 1 atom stereocenters. The van der Waals surface area contributed by atoms with Gasteiger partial charge in [0.15, 0.2) is 0 Å². The number of nitriles is 1. The Hall–Kier alpha value is -1.60. The molecule has 3 rings (SSSR count). The smallest absolute Gasteiger partial charge is 0.142 e. The average molecular weight is 242 g/mol. The van der Waals surface area contributed by atoms with E-state index in [0.29, 0.717) is 11.7 Å². The molecule has 3 heterocycles. The maximum absolute atomic E-state index is 8.89. The minimum Gasteiger partial charge on any atom is -0.355 e. The van der Waals surface area contributed by atoms with Crippen molar-refractivity contribution in [2.75, 3.05) is 31.1 Å². The zero-order valence-electron chi connectivity index (χ0n) is 10.5. The second kappa shape index (κ2) is 4.95. The standard InChI is InChI=1S/C14H18N4/c15-10-12-4-3-5-14(16-12)18-9-6-13(11-18)17-7-1-2-8-17/h3-5,13H,1-2,6-9,11H2. The molecule has 4 nitrogen and oxygen atoms in total. The van der Waals surface area contributed by atoms with Gasteiger partial charge in [0, 0.05) is 19.1 Å². The van der Waals surface area contributed by atoms with Crippen LogP contribution in [0, 0.1) is 11.3 Å². The van der Waals surface area contributed by atoms with Crippen molar-refractivity contribution in [2.24, 2.45) is 0 Å². The minimum absolute atomic E-state index is 0.511. The number of hydrogen-bond acceptors (Lipinski definition) is 4. The molecule has 2 saturated heterocycles. The van der Waals surface area contributed by atoms with E-state index in [9.17, 15) is 0 Å². The third-order valence-corrected chi connectivity index (χ3v) is 3.99. The Labute approximate surface area is 108 Å². The van der Waals surface area contributed by atoms with Crippen LogP contribution >= 0.6 is 0 Å². The highest BCUT2D eigenvalue weighted by Gasteiger charge is 2.29. The molecule has 0 bridgehead atoms. The van der Waals surface area contributed by atoms with E-state index in [2.05, 4.69) is 20.9 Å². The van der Waals surface area contributed by atoms with E-state index in [-0.39, 0.29) is 0 Å². The Kier molecular flexibility index (Phi) is 3.16. The fraction of sp³-hybridized carbons (Fsp3) is 0.571. The molecule has 1 aromatic heterocycles. The lowest BCUT2D eigenvalue weighted by Gasteiger charge is -2.24. The molecular formula is C14H18N4. The van der Waals surface area contributed by atoms with Crippen LogP contribution in [0.15, 0.2) is 18.2 Å². The molecule has 0 N–H and O–H groups in total. The van der Waals surface area contributed by atoms with Crippen molar-refractivity contribution >= 4 is 5.82 Å². The number of hydrogen-bond donors (Lipinski definition) is 0. The van der Waals surface area contributed by atoms with Gasteiger partial charge in [-0.2, -0.15) is 5.26 Å². The van der Waals surface area contributed by atoms with E-state index >= 15 is 0 Å². The Balaban J connectivity index is 1.69. The van der Waals surface area contributed by atoms with Gasteiger partial charge >= 0.3 is 0 Å². The molecule has 1 aromatic rings. The van der Waals surface area contributed by atoms with Gasteiger partial charge in [-0.1, -0.05) is 6.07 Å². The third-order valence-electron chi connectivity index (χ3n) is 3.99. The zero-order valence-corrected chi connectivity index (χ0v) is 10.5. The molecule has 0 aliphatic carbocycles. The van der Waals surface area contributed by atoms with Crippen LogP contribution in [0.4, 0.5) is 5.82 Å². The molecule has 2 fully saturated rings. The molecule has 4 heteroatoms. The first-order valence-corrected chi connectivity index (χ1v) is 6.73. The predicted octanol–water partition coefficient (Wildman–Crippen LogP) is 1.63. The summed E-state index contributed by atoms with van der Waals surface area (Å²) >= 11 is 0. The molecule has 94 valence electrons. The molecule has 2 aliphatic heterocycles. The SMILES string of the molecule is N#Cc1cccc(N2CCC(N3CCCC3)C2)n1. The minimum atomic E-state index is 0.511. The number of nitrogens with zero attached hydrogens (tertiary/aromatic N) is 4. The molecule has 0 amide bonds. The van der Waals surface area contributed by atoms with Crippen molar-refractivity contribution in [3.8, 4) is 6.07 Å². The topological polar surface area (TPSA) is 43.2 Å². The van der Waals surface area contributed by atoms with E-state index in [4.69, 9.17) is 5.26 Å². The molecule has 0 saturated carbocycles.